The number of carbonyl (C=O) groups is 2. The monoisotopic (exact) mass is 262 g/mol. The Morgan fingerprint density at radius 2 is 2.21 bits per heavy atom. The van der Waals surface area contributed by atoms with E-state index in [2.05, 4.69) is 6.58 Å². The van der Waals surface area contributed by atoms with Crippen LogP contribution in [0.15, 0.2) is 35.5 Å². The highest BCUT2D eigenvalue weighted by molar-refractivity contribution is 5.91. The number of carbonyl (C=O) groups excluding carboxylic acids is 1. The van der Waals surface area contributed by atoms with Crippen LogP contribution in [0.1, 0.15) is 32.6 Å². The molecule has 1 aliphatic carbocycles. The second-order valence-corrected chi connectivity index (χ2v) is 5.13. The van der Waals surface area contributed by atoms with Crippen molar-refractivity contribution in [1.29, 1.82) is 0 Å². The van der Waals surface area contributed by atoms with Crippen molar-refractivity contribution in [3.63, 3.8) is 0 Å². The Labute approximate surface area is 112 Å². The molecule has 2 atom stereocenters. The minimum Gasteiger partial charge on any atom is -0.478 e. The van der Waals surface area contributed by atoms with Crippen LogP contribution >= 0.6 is 0 Å². The van der Waals surface area contributed by atoms with E-state index in [0.717, 1.165) is 12.0 Å². The minimum atomic E-state index is -0.880. The molecule has 0 aromatic heterocycles. The number of hydrogen-bond donors (Lipinski definition) is 1. The fraction of sp³-hybridized carbons (Fsp3) is 0.467. The van der Waals surface area contributed by atoms with E-state index in [1.54, 1.807) is 6.08 Å². The van der Waals surface area contributed by atoms with Gasteiger partial charge in [-0.05, 0) is 38.7 Å². The van der Waals surface area contributed by atoms with Gasteiger partial charge < -0.3 is 9.84 Å². The highest BCUT2D eigenvalue weighted by Gasteiger charge is 2.37. The van der Waals surface area contributed by atoms with Crippen LogP contribution in [0.5, 0.6) is 0 Å². The Morgan fingerprint density at radius 1 is 1.47 bits per heavy atom. The number of aliphatic carboxylic acids is 1. The van der Waals surface area contributed by atoms with Crippen LogP contribution < -0.4 is 0 Å². The summed E-state index contributed by atoms with van der Waals surface area (Å²) in [5.74, 6) is -1.35. The summed E-state index contributed by atoms with van der Waals surface area (Å²) in [6.45, 7) is 5.74. The summed E-state index contributed by atoms with van der Waals surface area (Å²) in [7, 11) is 0. The molecule has 2 rings (SSSR count). The van der Waals surface area contributed by atoms with Crippen LogP contribution in [0, 0.1) is 5.92 Å². The number of esters is 1. The predicted molar refractivity (Wildman–Crippen MR) is 70.5 cm³/mol. The van der Waals surface area contributed by atoms with Gasteiger partial charge in [0.1, 0.15) is 6.10 Å². The van der Waals surface area contributed by atoms with Gasteiger partial charge in [-0.15, -0.1) is 0 Å². The highest BCUT2D eigenvalue weighted by Crippen LogP contribution is 2.34. The number of rotatable bonds is 1. The van der Waals surface area contributed by atoms with E-state index in [4.69, 9.17) is 9.84 Å². The summed E-state index contributed by atoms with van der Waals surface area (Å²) in [4.78, 5) is 22.7. The Balaban J connectivity index is 2.26. The topological polar surface area (TPSA) is 63.6 Å². The largest absolute Gasteiger partial charge is 0.478 e. The lowest BCUT2D eigenvalue weighted by atomic mass is 9.88. The molecule has 4 nitrogen and oxygen atoms in total. The number of hydrogen-bond acceptors (Lipinski definition) is 3. The molecule has 0 aromatic rings. The van der Waals surface area contributed by atoms with E-state index in [-0.39, 0.29) is 18.0 Å². The lowest BCUT2D eigenvalue weighted by Crippen LogP contribution is -2.16. The summed E-state index contributed by atoms with van der Waals surface area (Å²) in [5.41, 5.74) is 1.99. The third-order valence-corrected chi connectivity index (χ3v) is 3.73. The summed E-state index contributed by atoms with van der Waals surface area (Å²) >= 11 is 0. The molecule has 19 heavy (non-hydrogen) atoms. The van der Waals surface area contributed by atoms with Crippen molar-refractivity contribution in [3.05, 3.63) is 35.5 Å². The van der Waals surface area contributed by atoms with E-state index in [9.17, 15) is 9.59 Å². The van der Waals surface area contributed by atoms with Gasteiger partial charge in [-0.3, -0.25) is 0 Å². The number of fused-ring (bicyclic) bond motifs is 1. The second-order valence-electron chi connectivity index (χ2n) is 5.13. The van der Waals surface area contributed by atoms with E-state index in [1.165, 1.54) is 0 Å². The van der Waals surface area contributed by atoms with Gasteiger partial charge in [0.15, 0.2) is 0 Å². The molecule has 0 unspecified atom stereocenters. The molecule has 0 spiro atoms. The first kappa shape index (κ1) is 13.6. The number of carboxylic acid groups (broad SMARTS) is 1. The molecule has 1 N–H and O–H groups in total. The molecule has 0 saturated carbocycles. The molecule has 1 heterocycles. The van der Waals surface area contributed by atoms with Crippen LogP contribution in [0.3, 0.4) is 0 Å². The van der Waals surface area contributed by atoms with Gasteiger partial charge in [0.2, 0.25) is 0 Å². The van der Waals surface area contributed by atoms with Gasteiger partial charge in [-0.25, -0.2) is 9.59 Å². The second kappa shape index (κ2) is 5.43. The van der Waals surface area contributed by atoms with E-state index < -0.39 is 5.97 Å². The average Bonchev–Trinajstić information content (AvgIpc) is 2.60. The smallest absolute Gasteiger partial charge is 0.334 e. The van der Waals surface area contributed by atoms with Gasteiger partial charge in [-0.1, -0.05) is 18.2 Å². The zero-order chi connectivity index (χ0) is 14.0. The number of carboxylic acids is 1. The zero-order valence-corrected chi connectivity index (χ0v) is 11.0. The van der Waals surface area contributed by atoms with Crippen molar-refractivity contribution in [2.75, 3.05) is 0 Å². The van der Waals surface area contributed by atoms with Gasteiger partial charge >= 0.3 is 11.9 Å². The van der Waals surface area contributed by atoms with Gasteiger partial charge in [0.05, 0.1) is 0 Å². The third-order valence-electron chi connectivity index (χ3n) is 3.73. The van der Waals surface area contributed by atoms with Crippen molar-refractivity contribution >= 4 is 11.9 Å². The maximum absolute atomic E-state index is 11.6. The Bertz CT molecular complexity index is 484. The van der Waals surface area contributed by atoms with E-state index in [1.807, 2.05) is 13.0 Å². The molecule has 1 saturated heterocycles. The first-order valence-corrected chi connectivity index (χ1v) is 6.48. The summed E-state index contributed by atoms with van der Waals surface area (Å²) in [5, 5.41) is 9.14. The van der Waals surface area contributed by atoms with Crippen LogP contribution in [0.25, 0.3) is 0 Å². The van der Waals surface area contributed by atoms with Gasteiger partial charge in [0.25, 0.3) is 0 Å². The fourth-order valence-electron chi connectivity index (χ4n) is 2.56. The maximum atomic E-state index is 11.6. The first-order chi connectivity index (χ1) is 8.99. The van der Waals surface area contributed by atoms with Crippen LogP contribution in [0.4, 0.5) is 0 Å². The van der Waals surface area contributed by atoms with Crippen molar-refractivity contribution in [3.8, 4) is 0 Å². The predicted octanol–water partition coefficient (Wildman–Crippen LogP) is 2.62. The molecule has 0 radical (unpaired) electrons. The van der Waals surface area contributed by atoms with E-state index >= 15 is 0 Å². The molecule has 4 heteroatoms. The summed E-state index contributed by atoms with van der Waals surface area (Å²) < 4.78 is 5.29. The summed E-state index contributed by atoms with van der Waals surface area (Å²) in [6.07, 6.45) is 5.98. The fourth-order valence-corrected chi connectivity index (χ4v) is 2.56. The highest BCUT2D eigenvalue weighted by atomic mass is 16.5. The van der Waals surface area contributed by atoms with Gasteiger partial charge in [-0.2, -0.15) is 0 Å². The average molecular weight is 262 g/mol. The van der Waals surface area contributed by atoms with Crippen LogP contribution in [-0.4, -0.2) is 23.1 Å². The standard InChI is InChI=1S/C15H18O4/c1-9-4-3-5-11(14(16)17)6-7-12-10(2)15(18)19-13(12)8-9/h5,8,12-13H,2-4,6-7H2,1H3,(H,16,17)/b9-8+,11-5-/t12-,13+/m0/s1. The quantitative estimate of drug-likeness (QED) is 0.448. The molecule has 0 amide bonds. The van der Waals surface area contributed by atoms with E-state index in [0.29, 0.717) is 30.4 Å². The summed E-state index contributed by atoms with van der Waals surface area (Å²) in [6, 6.07) is 0. The lowest BCUT2D eigenvalue weighted by Gasteiger charge is -2.17. The van der Waals surface area contributed by atoms with Crippen molar-refractivity contribution in [1.82, 2.24) is 0 Å². The molecule has 2 aliphatic rings. The third kappa shape index (κ3) is 2.95. The minimum absolute atomic E-state index is 0.108. The lowest BCUT2D eigenvalue weighted by molar-refractivity contribution is -0.137. The Kier molecular flexibility index (Phi) is 3.88. The Morgan fingerprint density at radius 3 is 2.89 bits per heavy atom. The molecule has 1 fully saturated rings. The maximum Gasteiger partial charge on any atom is 0.334 e. The molecule has 0 bridgehead atoms. The Hall–Kier alpha value is -1.84. The van der Waals surface area contributed by atoms with Gasteiger partial charge in [0, 0.05) is 17.1 Å². The number of allylic oxidation sites excluding steroid dienone is 2. The molecular weight excluding hydrogens is 244 g/mol. The molecule has 0 aromatic carbocycles. The molecule has 102 valence electrons. The van der Waals surface area contributed by atoms with Crippen LogP contribution in [-0.2, 0) is 14.3 Å². The normalized spacial score (nSPS) is 33.5. The number of ether oxygens (including phenoxy) is 1. The van der Waals surface area contributed by atoms with Crippen molar-refractivity contribution in [2.24, 2.45) is 5.92 Å². The first-order valence-electron chi connectivity index (χ1n) is 6.48. The van der Waals surface area contributed by atoms with Crippen molar-refractivity contribution < 1.29 is 19.4 Å². The molecule has 1 aliphatic heterocycles. The molecular formula is C15H18O4. The van der Waals surface area contributed by atoms with Crippen molar-refractivity contribution in [2.45, 2.75) is 38.7 Å². The SMILES string of the molecule is C=C1C(=O)O[C@@H]2/C=C(\C)CC/C=C(\C(=O)O)CC[C@@H]12. The zero-order valence-electron chi connectivity index (χ0n) is 11.0. The van der Waals surface area contributed by atoms with Crippen LogP contribution in [0.2, 0.25) is 0 Å².